The zero-order chi connectivity index (χ0) is 101. The molecule has 138 heavy (non-hydrogen) atoms. The lowest BCUT2D eigenvalue weighted by Crippen LogP contribution is -2.40. The maximum absolute atomic E-state index is 11.8. The Hall–Kier alpha value is -6.91. The number of ketones is 4. The molecule has 0 spiro atoms. The number of carboxylic acid groups (broad SMARTS) is 1. The number of esters is 8. The standard InChI is InChI=1S/C19H32O10.C13H20O6.2C11H20O6.C11H20O5.C8H14O4.C5H8O3.C3H8O3.C3H8O2.7CH4.HOP/c1-18(26-12-14(10-20)28-18)6-4-16(22)24-8-3-9-25-17(23)5-7-19(2)27-13-15(11-21)29-19;1-10(14)4-6-12(16)18-8-3-9-19-13(17)7-5-11(2)15;2*1-11(16-8-9(7-13)17-11)4-3-10(14)15-6-2-5-12;1-11(9-14-7-8-16-11)4-3-10(13)15-6-2-5-12;1-7(10)3-4-8(11)12-6-2-5-9;1-4(6)2-3-5(7)8;4-1-3(6)2-5;4-2-1-3-5;;;;;;;;1-2/h14-15,20-21H,3-13H2,1-2H3;3-9H2,1-2H3;2*9,12-13H,2-8H2,1H3;12H,2-9H2,1H3;9H,2-6H2,1H3;2-3H2,1H3,(H,7,8);3-6H,1-2H2;4-5H,1-3H2;7*1H4;2H/i;;;;;;;;;;;;;;;;2D. The molecule has 5 saturated heterocycles. The van der Waals surface area contributed by atoms with E-state index in [9.17, 15) is 62.3 Å². The Bertz CT molecular complexity index is 2920. The number of aliphatic hydroxyl groups excluding tert-OH is 13. The number of carbonyl (C=O) groups is 13. The highest BCUT2D eigenvalue weighted by molar-refractivity contribution is 7.00. The van der Waals surface area contributed by atoms with Crippen LogP contribution in [-0.4, -0.2) is 387 Å². The molecule has 0 bridgehead atoms. The molecule has 5 heterocycles. The van der Waals surface area contributed by atoms with Gasteiger partial charge in [0, 0.05) is 136 Å². The SMILES string of the molecule is C.C.C.C.C.C.C.CC(=O)CCC(=O)O.CC(=O)CCC(=O)OCCCO.CC(=O)CCC(=O)OCCCOC(=O)CCC(C)=O.CC1(CCC(=O)OCCCO)COCCO1.CC1(CCC(=O)OCCCO)OCC(CO)O1.CC1(CCC(=O)OCCCO)OCC(CO)O1.CC1(CCC(=O)OCCCOC(=O)CCC2(C)OCC(CO)O2)OCC(CO)O1.OCC(O)CO.OCCCO.[2H]P=O. The summed E-state index contributed by atoms with van der Waals surface area (Å²) in [4.78, 5) is 142. The second kappa shape index (κ2) is 100. The normalized spacial score (nSPS) is 20.2. The van der Waals surface area contributed by atoms with Crippen LogP contribution in [0.15, 0.2) is 0 Å². The van der Waals surface area contributed by atoms with E-state index >= 15 is 0 Å². The molecule has 0 aliphatic carbocycles. The van der Waals surface area contributed by atoms with Crippen molar-refractivity contribution < 1.29 is 224 Å². The fourth-order valence-electron chi connectivity index (χ4n) is 9.83. The van der Waals surface area contributed by atoms with Gasteiger partial charge in [0.15, 0.2) is 23.1 Å². The molecular formula is C91H179O46P. The molecule has 9 atom stereocenters. The van der Waals surface area contributed by atoms with Crippen LogP contribution in [0.25, 0.3) is 0 Å². The van der Waals surface area contributed by atoms with E-state index in [1.807, 2.05) is 6.92 Å². The summed E-state index contributed by atoms with van der Waals surface area (Å²) >= 11 is 0. The van der Waals surface area contributed by atoms with E-state index in [0.717, 1.165) is 0 Å². The van der Waals surface area contributed by atoms with Crippen molar-refractivity contribution in [1.29, 1.82) is 1.28 Å². The minimum absolute atomic E-state index is 0. The van der Waals surface area contributed by atoms with Gasteiger partial charge in [0.05, 0.1) is 196 Å². The van der Waals surface area contributed by atoms with Gasteiger partial charge in [0.2, 0.25) is 0 Å². The van der Waals surface area contributed by atoms with Crippen LogP contribution in [0.5, 0.6) is 0 Å². The van der Waals surface area contributed by atoms with Crippen LogP contribution in [0.1, 0.15) is 275 Å². The van der Waals surface area contributed by atoms with E-state index in [-0.39, 0.29) is 350 Å². The lowest BCUT2D eigenvalue weighted by atomic mass is 10.0. The average molecular weight is 2040 g/mol. The van der Waals surface area contributed by atoms with Crippen molar-refractivity contribution in [2.75, 3.05) is 178 Å². The number of hydrogen-bond acceptors (Lipinski definition) is 45. The van der Waals surface area contributed by atoms with Crippen molar-refractivity contribution in [2.45, 2.75) is 334 Å². The highest BCUT2D eigenvalue weighted by Crippen LogP contribution is 2.32. The van der Waals surface area contributed by atoms with Crippen molar-refractivity contribution in [1.82, 2.24) is 0 Å². The summed E-state index contributed by atoms with van der Waals surface area (Å²) in [6.45, 7) is 18.2. The second-order valence-corrected chi connectivity index (χ2v) is 30.1. The molecule has 0 aromatic rings. The molecule has 47 heteroatoms. The first-order valence-corrected chi connectivity index (χ1v) is 43.5. The molecular weight excluding hydrogens is 1860 g/mol. The van der Waals surface area contributed by atoms with Crippen molar-refractivity contribution in [3.05, 3.63) is 0 Å². The van der Waals surface area contributed by atoms with Crippen LogP contribution in [0.3, 0.4) is 0 Å². The molecule has 46 nitrogen and oxygen atoms in total. The van der Waals surface area contributed by atoms with Crippen molar-refractivity contribution in [2.24, 2.45) is 0 Å². The summed E-state index contributed by atoms with van der Waals surface area (Å²) < 4.78 is 108. The van der Waals surface area contributed by atoms with E-state index in [1.165, 1.54) is 27.7 Å². The molecule has 824 valence electrons. The molecule has 5 aliphatic rings. The molecule has 14 N–H and O–H groups in total. The van der Waals surface area contributed by atoms with Crippen LogP contribution in [0, 0.1) is 0 Å². The zero-order valence-electron chi connectivity index (χ0n) is 78.4. The Balaban J connectivity index is -0.000000134. The van der Waals surface area contributed by atoms with Crippen LogP contribution in [0.4, 0.5) is 0 Å². The van der Waals surface area contributed by atoms with Crippen LogP contribution >= 0.6 is 9.06 Å². The van der Waals surface area contributed by atoms with Gasteiger partial charge in [-0.3, -0.25) is 47.7 Å². The van der Waals surface area contributed by atoms with Gasteiger partial charge in [-0.25, -0.2) is 0 Å². The van der Waals surface area contributed by atoms with Crippen LogP contribution in [0.2, 0.25) is 0 Å². The quantitative estimate of drug-likeness (QED) is 0.0166. The third-order valence-corrected chi connectivity index (χ3v) is 17.2. The maximum atomic E-state index is 11.8. The first-order valence-electron chi connectivity index (χ1n) is 43.6. The Morgan fingerprint density at radius 1 is 0.319 bits per heavy atom. The van der Waals surface area contributed by atoms with Gasteiger partial charge in [-0.05, 0) is 75.2 Å². The molecule has 5 rings (SSSR count). The molecule has 0 radical (unpaired) electrons. The Labute approximate surface area is 820 Å². The lowest BCUT2D eigenvalue weighted by Gasteiger charge is -2.33. The molecule has 5 fully saturated rings. The highest BCUT2D eigenvalue weighted by Gasteiger charge is 2.41. The number of ether oxygens (including phenoxy) is 18. The first kappa shape index (κ1) is 154. The van der Waals surface area contributed by atoms with Crippen molar-refractivity contribution in [3.63, 3.8) is 0 Å². The van der Waals surface area contributed by atoms with Crippen molar-refractivity contribution in [3.8, 4) is 0 Å². The van der Waals surface area contributed by atoms with Gasteiger partial charge in [0.1, 0.15) is 64.0 Å². The summed E-state index contributed by atoms with van der Waals surface area (Å²) in [5.41, 5.74) is -0.367. The summed E-state index contributed by atoms with van der Waals surface area (Å²) in [7, 11) is -0.583. The predicted molar refractivity (Wildman–Crippen MR) is 503 cm³/mol. The van der Waals surface area contributed by atoms with E-state index in [0.29, 0.717) is 130 Å². The van der Waals surface area contributed by atoms with Gasteiger partial charge < -0.3 is 176 Å². The monoisotopic (exact) mass is 2040 g/mol. The number of carbonyl (C=O) groups excluding carboxylic acids is 12. The topological polar surface area (TPSA) is 688 Å². The lowest BCUT2D eigenvalue weighted by molar-refractivity contribution is -0.171. The van der Waals surface area contributed by atoms with Crippen molar-refractivity contribution >= 4 is 85.9 Å². The van der Waals surface area contributed by atoms with E-state index in [4.69, 9.17) is 158 Å². The first-order chi connectivity index (χ1) is 62.5. The number of carboxylic acids is 1. The van der Waals surface area contributed by atoms with Gasteiger partial charge in [-0.1, -0.05) is 52.0 Å². The Morgan fingerprint density at radius 3 is 0.688 bits per heavy atom. The fraction of sp³-hybridized carbons (Fsp3) is 0.857. The maximum Gasteiger partial charge on any atom is 0.306 e. The number of hydrogen-bond donors (Lipinski definition) is 14. The molecule has 0 saturated carbocycles. The number of aliphatic hydroxyl groups is 13. The van der Waals surface area contributed by atoms with Gasteiger partial charge in [-0.2, -0.15) is 0 Å². The molecule has 0 aromatic carbocycles. The largest absolute Gasteiger partial charge is 0.481 e. The summed E-state index contributed by atoms with van der Waals surface area (Å²) in [6, 6.07) is 0. The Morgan fingerprint density at radius 2 is 0.529 bits per heavy atom. The highest BCUT2D eigenvalue weighted by atomic mass is 31.0. The van der Waals surface area contributed by atoms with Crippen LogP contribution < -0.4 is 0 Å². The smallest absolute Gasteiger partial charge is 0.306 e. The summed E-state index contributed by atoms with van der Waals surface area (Å²) in [5.74, 6) is -7.47. The minimum Gasteiger partial charge on any atom is -0.481 e. The third-order valence-electron chi connectivity index (χ3n) is 17.2. The fourth-order valence-corrected chi connectivity index (χ4v) is 9.83. The summed E-state index contributed by atoms with van der Waals surface area (Å²) in [5, 5.41) is 118. The number of rotatable bonds is 55. The van der Waals surface area contributed by atoms with E-state index in [2.05, 4.69) is 4.74 Å². The minimum atomic E-state index is -0.954. The van der Waals surface area contributed by atoms with Crippen LogP contribution in [-0.2, 0) is 152 Å². The van der Waals surface area contributed by atoms with Gasteiger partial charge >= 0.3 is 53.7 Å². The molecule has 9 unspecified atom stereocenters. The third kappa shape index (κ3) is 97.9. The number of Topliss-reactive ketones (excluding diaryl/α,β-unsaturated/α-hetero) is 4. The Kier molecular flexibility index (Phi) is 112. The van der Waals surface area contributed by atoms with E-state index in [1.54, 1.807) is 27.7 Å². The summed E-state index contributed by atoms with van der Waals surface area (Å²) in [6.07, 6.45) is 4.82. The predicted octanol–water partition coefficient (Wildman–Crippen LogP) is 4.94. The zero-order valence-corrected chi connectivity index (χ0v) is 78.3. The van der Waals surface area contributed by atoms with Gasteiger partial charge in [-0.15, -0.1) is 0 Å². The number of aliphatic carboxylic acids is 1. The van der Waals surface area contributed by atoms with E-state index < -0.39 is 56.2 Å². The average Bonchev–Trinajstić information content (AvgIpc) is 1.70. The molecule has 0 amide bonds. The molecule has 0 aromatic heterocycles. The second-order valence-electron chi connectivity index (χ2n) is 30.1. The van der Waals surface area contributed by atoms with Gasteiger partial charge in [0.25, 0.3) is 0 Å². The molecule has 5 aliphatic heterocycles.